The molecular formula is C25H22N2O4. The number of rotatable bonds is 6. The van der Waals surface area contributed by atoms with Crippen LogP contribution in [0.3, 0.4) is 0 Å². The van der Waals surface area contributed by atoms with Crippen molar-refractivity contribution < 1.29 is 19.1 Å². The van der Waals surface area contributed by atoms with Crippen LogP contribution in [0, 0.1) is 0 Å². The van der Waals surface area contributed by atoms with Gasteiger partial charge in [0.25, 0.3) is 5.91 Å². The van der Waals surface area contributed by atoms with E-state index in [4.69, 9.17) is 4.74 Å². The highest BCUT2D eigenvalue weighted by Gasteiger charge is 2.26. The van der Waals surface area contributed by atoms with Gasteiger partial charge in [0, 0.05) is 24.2 Å². The Labute approximate surface area is 180 Å². The summed E-state index contributed by atoms with van der Waals surface area (Å²) in [7, 11) is 0. The Kier molecular flexibility index (Phi) is 6.08. The van der Waals surface area contributed by atoms with Crippen LogP contribution in [0.15, 0.2) is 78.9 Å². The lowest BCUT2D eigenvalue weighted by molar-refractivity contribution is -0.117. The quantitative estimate of drug-likeness (QED) is 0.606. The number of para-hydroxylation sites is 2. The Hall–Kier alpha value is -3.93. The van der Waals surface area contributed by atoms with Crippen LogP contribution in [-0.4, -0.2) is 24.3 Å². The summed E-state index contributed by atoms with van der Waals surface area (Å²) < 4.78 is 5.47. The maximum absolute atomic E-state index is 12.7. The molecule has 0 radical (unpaired) electrons. The van der Waals surface area contributed by atoms with Gasteiger partial charge in [-0.25, -0.2) is 4.79 Å². The van der Waals surface area contributed by atoms with E-state index in [1.165, 1.54) is 0 Å². The molecule has 1 saturated heterocycles. The number of nitrogens with one attached hydrogen (secondary N) is 1. The number of ether oxygens (including phenoxy) is 1. The number of carbonyl (C=O) groups excluding carboxylic acids is 3. The highest BCUT2D eigenvalue weighted by atomic mass is 16.5. The summed E-state index contributed by atoms with van der Waals surface area (Å²) in [5.74, 6) is -0.676. The summed E-state index contributed by atoms with van der Waals surface area (Å²) >= 11 is 0. The van der Waals surface area contributed by atoms with Crippen LogP contribution < -0.4 is 10.2 Å². The molecule has 4 rings (SSSR count). The number of anilines is 2. The molecule has 31 heavy (non-hydrogen) atoms. The topological polar surface area (TPSA) is 75.7 Å². The molecule has 1 aliphatic rings. The van der Waals surface area contributed by atoms with E-state index >= 15 is 0 Å². The molecule has 1 N–H and O–H groups in total. The van der Waals surface area contributed by atoms with Gasteiger partial charge in [0.15, 0.2) is 0 Å². The van der Waals surface area contributed by atoms with Crippen molar-refractivity contribution in [3.05, 3.63) is 95.6 Å². The molecule has 0 aliphatic carbocycles. The van der Waals surface area contributed by atoms with E-state index < -0.39 is 5.97 Å². The number of carbonyl (C=O) groups is 3. The zero-order valence-corrected chi connectivity index (χ0v) is 16.9. The third kappa shape index (κ3) is 4.80. The fourth-order valence-corrected chi connectivity index (χ4v) is 3.49. The van der Waals surface area contributed by atoms with Gasteiger partial charge in [-0.15, -0.1) is 0 Å². The van der Waals surface area contributed by atoms with Crippen molar-refractivity contribution in [2.75, 3.05) is 16.8 Å². The molecule has 1 aliphatic heterocycles. The summed E-state index contributed by atoms with van der Waals surface area (Å²) in [6.45, 7) is 0.678. The van der Waals surface area contributed by atoms with Crippen molar-refractivity contribution in [2.24, 2.45) is 0 Å². The van der Waals surface area contributed by atoms with Crippen molar-refractivity contribution >= 4 is 29.2 Å². The molecule has 156 valence electrons. The predicted octanol–water partition coefficient (Wildman–Crippen LogP) is 4.42. The molecule has 0 spiro atoms. The minimum atomic E-state index is -0.485. The minimum Gasteiger partial charge on any atom is -0.457 e. The SMILES string of the molecule is O=C(Nc1ccccc1)c1ccc(COC(=O)c2ccccc2N2CCCC2=O)cc1. The average molecular weight is 414 g/mol. The van der Waals surface area contributed by atoms with Crippen LogP contribution >= 0.6 is 0 Å². The van der Waals surface area contributed by atoms with Gasteiger partial charge in [0.2, 0.25) is 5.91 Å². The van der Waals surface area contributed by atoms with Crippen molar-refractivity contribution in [2.45, 2.75) is 19.4 Å². The average Bonchev–Trinajstić information content (AvgIpc) is 3.24. The van der Waals surface area contributed by atoms with Gasteiger partial charge in [-0.1, -0.05) is 42.5 Å². The fourth-order valence-electron chi connectivity index (χ4n) is 3.49. The smallest absolute Gasteiger partial charge is 0.340 e. The van der Waals surface area contributed by atoms with Crippen LogP contribution in [0.2, 0.25) is 0 Å². The van der Waals surface area contributed by atoms with Gasteiger partial charge in [-0.3, -0.25) is 9.59 Å². The number of hydrogen-bond acceptors (Lipinski definition) is 4. The monoisotopic (exact) mass is 414 g/mol. The third-order valence-corrected chi connectivity index (χ3v) is 5.11. The normalized spacial score (nSPS) is 13.2. The lowest BCUT2D eigenvalue weighted by Crippen LogP contribution is -2.26. The fraction of sp³-hybridized carbons (Fsp3) is 0.160. The second-order valence-electron chi connectivity index (χ2n) is 7.26. The van der Waals surface area contributed by atoms with Gasteiger partial charge >= 0.3 is 5.97 Å². The Balaban J connectivity index is 1.38. The first-order valence-electron chi connectivity index (χ1n) is 10.1. The van der Waals surface area contributed by atoms with E-state index in [0.717, 1.165) is 17.7 Å². The highest BCUT2D eigenvalue weighted by molar-refractivity contribution is 6.04. The standard InChI is InChI=1S/C25H22N2O4/c28-23-11-6-16-27(23)22-10-5-4-9-21(22)25(30)31-17-18-12-14-19(15-13-18)24(29)26-20-7-2-1-3-8-20/h1-5,7-10,12-15H,6,11,16-17H2,(H,26,29). The summed E-state index contributed by atoms with van der Waals surface area (Å²) in [6.07, 6.45) is 1.28. The van der Waals surface area contributed by atoms with E-state index in [2.05, 4.69) is 5.32 Å². The predicted molar refractivity (Wildman–Crippen MR) is 118 cm³/mol. The van der Waals surface area contributed by atoms with Crippen molar-refractivity contribution in [3.8, 4) is 0 Å². The van der Waals surface area contributed by atoms with Crippen LogP contribution in [0.4, 0.5) is 11.4 Å². The number of nitrogens with zero attached hydrogens (tertiary/aromatic N) is 1. The van der Waals surface area contributed by atoms with E-state index in [0.29, 0.717) is 29.8 Å². The first-order valence-corrected chi connectivity index (χ1v) is 10.1. The molecule has 3 aromatic rings. The molecule has 0 bridgehead atoms. The zero-order valence-electron chi connectivity index (χ0n) is 16.9. The van der Waals surface area contributed by atoms with Crippen molar-refractivity contribution in [1.29, 1.82) is 0 Å². The maximum Gasteiger partial charge on any atom is 0.340 e. The zero-order chi connectivity index (χ0) is 21.6. The van der Waals surface area contributed by atoms with Gasteiger partial charge in [0.1, 0.15) is 6.61 Å². The van der Waals surface area contributed by atoms with Crippen LogP contribution in [0.1, 0.15) is 39.1 Å². The number of amides is 2. The van der Waals surface area contributed by atoms with E-state index in [1.54, 1.807) is 53.4 Å². The molecule has 6 heteroatoms. The van der Waals surface area contributed by atoms with E-state index in [9.17, 15) is 14.4 Å². The Morgan fingerprint density at radius 1 is 0.903 bits per heavy atom. The third-order valence-electron chi connectivity index (χ3n) is 5.11. The van der Waals surface area contributed by atoms with Gasteiger partial charge in [-0.2, -0.15) is 0 Å². The van der Waals surface area contributed by atoms with Gasteiger partial charge in [0.05, 0.1) is 11.3 Å². The van der Waals surface area contributed by atoms with Gasteiger partial charge in [-0.05, 0) is 48.4 Å². The molecule has 6 nitrogen and oxygen atoms in total. The largest absolute Gasteiger partial charge is 0.457 e. The van der Waals surface area contributed by atoms with Crippen molar-refractivity contribution in [3.63, 3.8) is 0 Å². The Bertz CT molecular complexity index is 1090. The molecule has 2 amide bonds. The molecule has 0 unspecified atom stereocenters. The minimum absolute atomic E-state index is 0.0182. The number of hydrogen-bond donors (Lipinski definition) is 1. The second-order valence-corrected chi connectivity index (χ2v) is 7.26. The lowest BCUT2D eigenvalue weighted by Gasteiger charge is -2.18. The summed E-state index contributed by atoms with van der Waals surface area (Å²) in [6, 6.07) is 23.1. The Morgan fingerprint density at radius 2 is 1.61 bits per heavy atom. The van der Waals surface area contributed by atoms with E-state index in [1.807, 2.05) is 30.3 Å². The molecule has 0 saturated carbocycles. The molecule has 0 aromatic heterocycles. The second kappa shape index (κ2) is 9.26. The molecule has 1 fully saturated rings. The van der Waals surface area contributed by atoms with Gasteiger partial charge < -0.3 is 15.0 Å². The van der Waals surface area contributed by atoms with Crippen LogP contribution in [0.5, 0.6) is 0 Å². The number of benzene rings is 3. The molecular weight excluding hydrogens is 392 g/mol. The lowest BCUT2D eigenvalue weighted by atomic mass is 10.1. The highest BCUT2D eigenvalue weighted by Crippen LogP contribution is 2.26. The number of esters is 1. The first-order chi connectivity index (χ1) is 15.1. The molecule has 3 aromatic carbocycles. The van der Waals surface area contributed by atoms with E-state index in [-0.39, 0.29) is 18.4 Å². The Morgan fingerprint density at radius 3 is 2.32 bits per heavy atom. The maximum atomic E-state index is 12.7. The summed E-state index contributed by atoms with van der Waals surface area (Å²) in [4.78, 5) is 38.7. The summed E-state index contributed by atoms with van der Waals surface area (Å²) in [5.41, 5.74) is 2.95. The van der Waals surface area contributed by atoms with Crippen molar-refractivity contribution in [1.82, 2.24) is 0 Å². The van der Waals surface area contributed by atoms with Crippen LogP contribution in [0.25, 0.3) is 0 Å². The van der Waals surface area contributed by atoms with Crippen LogP contribution in [-0.2, 0) is 16.1 Å². The first kappa shape index (κ1) is 20.3. The molecule has 1 heterocycles. The summed E-state index contributed by atoms with van der Waals surface area (Å²) in [5, 5.41) is 2.83. The molecule has 0 atom stereocenters.